The fourth-order valence-electron chi connectivity index (χ4n) is 1.21. The van der Waals surface area contributed by atoms with Crippen LogP contribution in [0.5, 0.6) is 5.75 Å². The number of anilines is 1. The Morgan fingerprint density at radius 2 is 2.38 bits per heavy atom. The Bertz CT molecular complexity index is 356. The van der Waals surface area contributed by atoms with E-state index >= 15 is 0 Å². The molecule has 0 saturated carbocycles. The van der Waals surface area contributed by atoms with Gasteiger partial charge >= 0.3 is 0 Å². The van der Waals surface area contributed by atoms with Gasteiger partial charge in [0.15, 0.2) is 0 Å². The van der Waals surface area contributed by atoms with Crippen LogP contribution in [0.1, 0.15) is 0 Å². The molecule has 1 N–H and O–H groups in total. The Balaban J connectivity index is 2.40. The average molecular weight is 218 g/mol. The van der Waals surface area contributed by atoms with Crippen LogP contribution < -0.4 is 10.1 Å². The molecule has 1 unspecified atom stereocenters. The second-order valence-corrected chi connectivity index (χ2v) is 4.42. The van der Waals surface area contributed by atoms with Gasteiger partial charge in [-0.25, -0.2) is 4.21 Å². The summed E-state index contributed by atoms with van der Waals surface area (Å²) in [6.07, 6.45) is 0. The van der Waals surface area contributed by atoms with Crippen molar-refractivity contribution in [1.82, 2.24) is 0 Å². The van der Waals surface area contributed by atoms with Gasteiger partial charge in [-0.1, -0.05) is 0 Å². The minimum absolute atomic E-state index is 0.573. The molecule has 0 aromatic heterocycles. The zero-order valence-electron chi connectivity index (χ0n) is 6.75. The van der Waals surface area contributed by atoms with Crippen LogP contribution in [0.3, 0.4) is 0 Å². The molecule has 0 saturated heterocycles. The highest BCUT2D eigenvalue weighted by molar-refractivity contribution is 8.08. The molecule has 70 valence electrons. The van der Waals surface area contributed by atoms with Gasteiger partial charge in [-0.05, 0) is 28.9 Å². The number of hydrogen-bond acceptors (Lipinski definition) is 3. The fourth-order valence-corrected chi connectivity index (χ4v) is 1.88. The summed E-state index contributed by atoms with van der Waals surface area (Å²) in [6, 6.07) is 5.25. The van der Waals surface area contributed by atoms with E-state index in [4.69, 9.17) is 15.4 Å². The number of rotatable bonds is 1. The summed E-state index contributed by atoms with van der Waals surface area (Å²) in [7, 11) is 3.98. The molecule has 0 bridgehead atoms. The first kappa shape index (κ1) is 8.84. The number of hydrogen-bond donors (Lipinski definition) is 1. The van der Waals surface area contributed by atoms with Crippen molar-refractivity contribution < 1.29 is 8.95 Å². The third-order valence-corrected chi connectivity index (χ3v) is 2.97. The molecule has 0 aliphatic carbocycles. The molecule has 1 atom stereocenters. The SMILES string of the molecule is O=S(Cl)c1ccc2c(c1)OCCN2. The Morgan fingerprint density at radius 1 is 1.54 bits per heavy atom. The van der Waals surface area contributed by atoms with Gasteiger partial charge in [-0.3, -0.25) is 0 Å². The number of nitrogens with one attached hydrogen (secondary N) is 1. The van der Waals surface area contributed by atoms with Crippen molar-refractivity contribution in [2.24, 2.45) is 0 Å². The average Bonchev–Trinajstić information content (AvgIpc) is 2.17. The topological polar surface area (TPSA) is 38.3 Å². The zero-order chi connectivity index (χ0) is 9.26. The number of benzene rings is 1. The lowest BCUT2D eigenvalue weighted by molar-refractivity contribution is 0.322. The van der Waals surface area contributed by atoms with E-state index < -0.39 is 10.0 Å². The highest BCUT2D eigenvalue weighted by atomic mass is 35.7. The molecule has 1 heterocycles. The van der Waals surface area contributed by atoms with Crippen LogP contribution >= 0.6 is 10.7 Å². The van der Waals surface area contributed by atoms with Gasteiger partial charge in [0.1, 0.15) is 22.4 Å². The van der Waals surface area contributed by atoms with E-state index in [-0.39, 0.29) is 0 Å². The van der Waals surface area contributed by atoms with Crippen LogP contribution in [-0.4, -0.2) is 17.4 Å². The van der Waals surface area contributed by atoms with E-state index in [0.29, 0.717) is 11.5 Å². The highest BCUT2D eigenvalue weighted by Crippen LogP contribution is 2.29. The first-order valence-electron chi connectivity index (χ1n) is 3.86. The summed E-state index contributed by atoms with van der Waals surface area (Å²) in [5, 5.41) is 3.16. The van der Waals surface area contributed by atoms with Gasteiger partial charge < -0.3 is 10.1 Å². The molecule has 0 fully saturated rings. The second kappa shape index (κ2) is 3.55. The molecule has 5 heteroatoms. The summed E-state index contributed by atoms with van der Waals surface area (Å²) >= 11 is 0. The van der Waals surface area contributed by atoms with Crippen molar-refractivity contribution in [3.8, 4) is 5.75 Å². The van der Waals surface area contributed by atoms with E-state index in [1.54, 1.807) is 12.1 Å². The molecular weight excluding hydrogens is 210 g/mol. The van der Waals surface area contributed by atoms with E-state index in [1.807, 2.05) is 6.07 Å². The van der Waals surface area contributed by atoms with E-state index in [1.165, 1.54) is 0 Å². The van der Waals surface area contributed by atoms with Gasteiger partial charge in [0.05, 0.1) is 10.6 Å². The minimum atomic E-state index is -1.46. The third-order valence-electron chi connectivity index (χ3n) is 1.81. The van der Waals surface area contributed by atoms with Crippen molar-refractivity contribution in [3.05, 3.63) is 18.2 Å². The Morgan fingerprint density at radius 3 is 3.15 bits per heavy atom. The van der Waals surface area contributed by atoms with Gasteiger partial charge in [0.2, 0.25) is 0 Å². The van der Waals surface area contributed by atoms with Crippen molar-refractivity contribution in [1.29, 1.82) is 0 Å². The molecule has 0 radical (unpaired) electrons. The Kier molecular flexibility index (Phi) is 2.42. The summed E-state index contributed by atoms with van der Waals surface area (Å²) in [5.41, 5.74) is 0.928. The van der Waals surface area contributed by atoms with E-state index in [9.17, 15) is 4.21 Å². The molecule has 0 spiro atoms. The van der Waals surface area contributed by atoms with Gasteiger partial charge in [0.25, 0.3) is 0 Å². The molecule has 1 aliphatic rings. The molecule has 3 nitrogen and oxygen atoms in total. The first-order chi connectivity index (χ1) is 6.27. The number of ether oxygens (including phenoxy) is 1. The van der Waals surface area contributed by atoms with E-state index in [2.05, 4.69) is 5.32 Å². The van der Waals surface area contributed by atoms with E-state index in [0.717, 1.165) is 18.0 Å². The van der Waals surface area contributed by atoms with Crippen molar-refractivity contribution >= 4 is 26.4 Å². The number of halogens is 1. The van der Waals surface area contributed by atoms with Crippen molar-refractivity contribution in [3.63, 3.8) is 0 Å². The van der Waals surface area contributed by atoms with Crippen molar-refractivity contribution in [2.45, 2.75) is 4.90 Å². The maximum atomic E-state index is 10.9. The fraction of sp³-hybridized carbons (Fsp3) is 0.250. The monoisotopic (exact) mass is 217 g/mol. The Labute approximate surface area is 83.0 Å². The van der Waals surface area contributed by atoms with Crippen LogP contribution in [0, 0.1) is 0 Å². The summed E-state index contributed by atoms with van der Waals surface area (Å²) in [5.74, 6) is 0.720. The van der Waals surface area contributed by atoms with Crippen LogP contribution in [0.2, 0.25) is 0 Å². The lowest BCUT2D eigenvalue weighted by atomic mass is 10.2. The summed E-state index contributed by atoms with van der Waals surface area (Å²) in [6.45, 7) is 1.43. The second-order valence-electron chi connectivity index (χ2n) is 2.66. The van der Waals surface area contributed by atoms with Gasteiger partial charge in [0, 0.05) is 6.54 Å². The lowest BCUT2D eigenvalue weighted by Gasteiger charge is -2.18. The maximum absolute atomic E-state index is 10.9. The van der Waals surface area contributed by atoms with Crippen LogP contribution in [-0.2, 0) is 10.0 Å². The normalized spacial score (nSPS) is 16.7. The standard InChI is InChI=1S/C8H8ClNO2S/c9-13(11)6-1-2-7-8(5-6)12-4-3-10-7/h1-2,5,10H,3-4H2. The van der Waals surface area contributed by atoms with Crippen LogP contribution in [0.15, 0.2) is 23.1 Å². The Hall–Kier alpha value is -0.740. The molecule has 1 aromatic carbocycles. The summed E-state index contributed by atoms with van der Waals surface area (Å²) in [4.78, 5) is 0.573. The highest BCUT2D eigenvalue weighted by Gasteiger charge is 2.11. The smallest absolute Gasteiger partial charge is 0.147 e. The maximum Gasteiger partial charge on any atom is 0.147 e. The van der Waals surface area contributed by atoms with Crippen molar-refractivity contribution in [2.75, 3.05) is 18.5 Å². The molecule has 2 rings (SSSR count). The molecule has 13 heavy (non-hydrogen) atoms. The zero-order valence-corrected chi connectivity index (χ0v) is 8.32. The molecule has 1 aromatic rings. The van der Waals surface area contributed by atoms with Crippen LogP contribution in [0.25, 0.3) is 0 Å². The van der Waals surface area contributed by atoms with Gasteiger partial charge in [-0.2, -0.15) is 0 Å². The summed E-state index contributed by atoms with van der Waals surface area (Å²) < 4.78 is 16.3. The quantitative estimate of drug-likeness (QED) is 0.729. The predicted octanol–water partition coefficient (Wildman–Crippen LogP) is 1.75. The van der Waals surface area contributed by atoms with Gasteiger partial charge in [-0.15, -0.1) is 0 Å². The third kappa shape index (κ3) is 1.78. The largest absolute Gasteiger partial charge is 0.490 e. The van der Waals surface area contributed by atoms with Crippen LogP contribution in [0.4, 0.5) is 5.69 Å². The predicted molar refractivity (Wildman–Crippen MR) is 52.7 cm³/mol. The minimum Gasteiger partial charge on any atom is -0.490 e. The first-order valence-corrected chi connectivity index (χ1v) is 5.84. The molecule has 0 amide bonds. The number of fused-ring (bicyclic) bond motifs is 1. The molecular formula is C8H8ClNO2S. The molecule has 1 aliphatic heterocycles. The lowest BCUT2D eigenvalue weighted by Crippen LogP contribution is -2.17.